The van der Waals surface area contributed by atoms with Crippen LogP contribution in [0.2, 0.25) is 0 Å². The summed E-state index contributed by atoms with van der Waals surface area (Å²) >= 11 is 3.23. The van der Waals surface area contributed by atoms with Gasteiger partial charge in [-0.05, 0) is 24.1 Å². The second-order valence-electron chi connectivity index (χ2n) is 4.55. The van der Waals surface area contributed by atoms with Crippen LogP contribution in [0.3, 0.4) is 0 Å². The van der Waals surface area contributed by atoms with Gasteiger partial charge in [-0.3, -0.25) is 0 Å². The molecule has 0 spiro atoms. The maximum atomic E-state index is 10.0. The first kappa shape index (κ1) is 15.5. The highest BCUT2D eigenvalue weighted by Crippen LogP contribution is 2.22. The average Bonchev–Trinajstić information content (AvgIpc) is 2.88. The van der Waals surface area contributed by atoms with Gasteiger partial charge in [0.25, 0.3) is 0 Å². The van der Waals surface area contributed by atoms with Crippen LogP contribution in [0.1, 0.15) is 23.7 Å². The number of aliphatic hydroxyl groups is 2. The van der Waals surface area contributed by atoms with Gasteiger partial charge in [0.15, 0.2) is 0 Å². The number of benzene rings is 1. The first-order chi connectivity index (χ1) is 10.1. The van der Waals surface area contributed by atoms with Crippen LogP contribution in [-0.2, 0) is 0 Å². The second kappa shape index (κ2) is 6.72. The second-order valence-corrected chi connectivity index (χ2v) is 5.34. The van der Waals surface area contributed by atoms with Gasteiger partial charge in [-0.2, -0.15) is 10.4 Å². The van der Waals surface area contributed by atoms with Gasteiger partial charge in [0.05, 0.1) is 18.0 Å². The molecule has 6 nitrogen and oxygen atoms in total. The van der Waals surface area contributed by atoms with Gasteiger partial charge in [0, 0.05) is 5.33 Å². The highest BCUT2D eigenvalue weighted by atomic mass is 79.9. The van der Waals surface area contributed by atoms with Gasteiger partial charge >= 0.3 is 0 Å². The van der Waals surface area contributed by atoms with E-state index in [-0.39, 0.29) is 5.82 Å². The van der Waals surface area contributed by atoms with E-state index in [1.807, 2.05) is 6.07 Å². The molecule has 0 aliphatic carbocycles. The zero-order valence-corrected chi connectivity index (χ0v) is 12.7. The largest absolute Gasteiger partial charge is 0.390 e. The molecule has 1 aromatic heterocycles. The van der Waals surface area contributed by atoms with E-state index in [1.54, 1.807) is 24.3 Å². The standard InChI is InChI=1S/C14H15BrN4O2/c15-6-5-12(20)13(21)9-1-3-11(4-2-9)19-14(17)10(7-16)8-18-19/h1-4,8,12-13,20-21H,5-6,17H2. The molecule has 2 rings (SSSR count). The van der Waals surface area contributed by atoms with Crippen LogP contribution >= 0.6 is 15.9 Å². The molecule has 0 bridgehead atoms. The SMILES string of the molecule is N#Cc1cnn(-c2ccc(C(O)C(O)CCBr)cc2)c1N. The van der Waals surface area contributed by atoms with Crippen LogP contribution in [-0.4, -0.2) is 31.4 Å². The molecule has 1 heterocycles. The predicted octanol–water partition coefficient (Wildman–Crippen LogP) is 1.51. The smallest absolute Gasteiger partial charge is 0.145 e. The maximum Gasteiger partial charge on any atom is 0.145 e. The summed E-state index contributed by atoms with van der Waals surface area (Å²) in [5.41, 5.74) is 7.42. The van der Waals surface area contributed by atoms with Crippen LogP contribution in [0.25, 0.3) is 5.69 Å². The number of aliphatic hydroxyl groups excluding tert-OH is 2. The van der Waals surface area contributed by atoms with Gasteiger partial charge < -0.3 is 15.9 Å². The lowest BCUT2D eigenvalue weighted by Gasteiger charge is -2.17. The predicted molar refractivity (Wildman–Crippen MR) is 82.1 cm³/mol. The van der Waals surface area contributed by atoms with E-state index in [1.165, 1.54) is 10.9 Å². The van der Waals surface area contributed by atoms with Crippen molar-refractivity contribution in [3.8, 4) is 11.8 Å². The number of halogens is 1. The molecule has 4 N–H and O–H groups in total. The van der Waals surface area contributed by atoms with Gasteiger partial charge in [0.2, 0.25) is 0 Å². The van der Waals surface area contributed by atoms with Crippen molar-refractivity contribution < 1.29 is 10.2 Å². The molecule has 0 saturated carbocycles. The first-order valence-electron chi connectivity index (χ1n) is 6.34. The lowest BCUT2D eigenvalue weighted by Crippen LogP contribution is -2.18. The number of nitrogens with two attached hydrogens (primary N) is 1. The molecular weight excluding hydrogens is 336 g/mol. The van der Waals surface area contributed by atoms with Crippen molar-refractivity contribution in [2.45, 2.75) is 18.6 Å². The number of hydrogen-bond acceptors (Lipinski definition) is 5. The first-order valence-corrected chi connectivity index (χ1v) is 7.46. The third-order valence-corrected chi connectivity index (χ3v) is 3.63. The molecule has 21 heavy (non-hydrogen) atoms. The Morgan fingerprint density at radius 1 is 1.33 bits per heavy atom. The van der Waals surface area contributed by atoms with E-state index in [0.29, 0.717) is 28.6 Å². The molecule has 110 valence electrons. The monoisotopic (exact) mass is 350 g/mol. The number of nitrogen functional groups attached to an aromatic ring is 1. The van der Waals surface area contributed by atoms with Gasteiger partial charge in [-0.25, -0.2) is 4.68 Å². The minimum absolute atomic E-state index is 0.269. The molecule has 2 atom stereocenters. The molecule has 0 fully saturated rings. The zero-order chi connectivity index (χ0) is 15.4. The summed E-state index contributed by atoms with van der Waals surface area (Å²) in [5, 5.41) is 33.3. The van der Waals surface area contributed by atoms with Gasteiger partial charge in [0.1, 0.15) is 23.6 Å². The Hall–Kier alpha value is -1.88. The van der Waals surface area contributed by atoms with Crippen molar-refractivity contribution >= 4 is 21.7 Å². The quantitative estimate of drug-likeness (QED) is 0.708. The number of aromatic nitrogens is 2. The number of rotatable bonds is 5. The van der Waals surface area contributed by atoms with Crippen LogP contribution in [0, 0.1) is 11.3 Å². The number of hydrogen-bond donors (Lipinski definition) is 3. The number of nitrogens with zero attached hydrogens (tertiary/aromatic N) is 3. The Kier molecular flexibility index (Phi) is 4.96. The number of alkyl halides is 1. The third-order valence-electron chi connectivity index (χ3n) is 3.18. The fraction of sp³-hybridized carbons (Fsp3) is 0.286. The maximum absolute atomic E-state index is 10.0. The average molecular weight is 351 g/mol. The van der Waals surface area contributed by atoms with Gasteiger partial charge in [-0.1, -0.05) is 28.1 Å². The minimum Gasteiger partial charge on any atom is -0.390 e. The molecule has 0 radical (unpaired) electrons. The van der Waals surface area contributed by atoms with Crippen LogP contribution < -0.4 is 5.73 Å². The molecule has 1 aromatic carbocycles. The Morgan fingerprint density at radius 3 is 2.52 bits per heavy atom. The molecule has 0 aliphatic heterocycles. The number of nitriles is 1. The highest BCUT2D eigenvalue weighted by molar-refractivity contribution is 9.09. The third kappa shape index (κ3) is 3.24. The molecular formula is C14H15BrN4O2. The lowest BCUT2D eigenvalue weighted by atomic mass is 10.0. The Morgan fingerprint density at radius 2 is 2.00 bits per heavy atom. The summed E-state index contributed by atoms with van der Waals surface area (Å²) in [6, 6.07) is 8.81. The van der Waals surface area contributed by atoms with E-state index in [0.717, 1.165) is 0 Å². The summed E-state index contributed by atoms with van der Waals surface area (Å²) in [7, 11) is 0. The van der Waals surface area contributed by atoms with Crippen molar-refractivity contribution in [1.29, 1.82) is 5.26 Å². The lowest BCUT2D eigenvalue weighted by molar-refractivity contribution is 0.0173. The molecule has 2 unspecified atom stereocenters. The molecule has 0 saturated heterocycles. The van der Waals surface area contributed by atoms with E-state index >= 15 is 0 Å². The minimum atomic E-state index is -0.943. The Labute approximate surface area is 130 Å². The van der Waals surface area contributed by atoms with Crippen molar-refractivity contribution in [2.24, 2.45) is 0 Å². The van der Waals surface area contributed by atoms with E-state index in [4.69, 9.17) is 11.0 Å². The molecule has 7 heteroatoms. The normalized spacial score (nSPS) is 13.6. The van der Waals surface area contributed by atoms with Crippen LogP contribution in [0.15, 0.2) is 30.5 Å². The molecule has 0 amide bonds. The Bertz CT molecular complexity index is 648. The van der Waals surface area contributed by atoms with Gasteiger partial charge in [-0.15, -0.1) is 0 Å². The summed E-state index contributed by atoms with van der Waals surface area (Å²) in [4.78, 5) is 0. The number of anilines is 1. The topological polar surface area (TPSA) is 108 Å². The molecule has 0 aliphatic rings. The van der Waals surface area contributed by atoms with Crippen molar-refractivity contribution in [1.82, 2.24) is 9.78 Å². The van der Waals surface area contributed by atoms with Crippen molar-refractivity contribution in [3.63, 3.8) is 0 Å². The van der Waals surface area contributed by atoms with E-state index < -0.39 is 12.2 Å². The Balaban J connectivity index is 2.23. The zero-order valence-electron chi connectivity index (χ0n) is 11.1. The summed E-state index contributed by atoms with van der Waals surface area (Å²) in [6.07, 6.45) is 0.0923. The fourth-order valence-corrected chi connectivity index (χ4v) is 2.42. The van der Waals surface area contributed by atoms with E-state index in [2.05, 4.69) is 21.0 Å². The molecule has 2 aromatic rings. The summed E-state index contributed by atoms with van der Waals surface area (Å²) in [6.45, 7) is 0. The van der Waals surface area contributed by atoms with Crippen LogP contribution in [0.5, 0.6) is 0 Å². The summed E-state index contributed by atoms with van der Waals surface area (Å²) in [5.74, 6) is 0.269. The highest BCUT2D eigenvalue weighted by Gasteiger charge is 2.18. The van der Waals surface area contributed by atoms with Crippen LogP contribution in [0.4, 0.5) is 5.82 Å². The van der Waals surface area contributed by atoms with E-state index in [9.17, 15) is 10.2 Å². The summed E-state index contributed by atoms with van der Waals surface area (Å²) < 4.78 is 1.45. The van der Waals surface area contributed by atoms with Crippen molar-refractivity contribution in [3.05, 3.63) is 41.6 Å². The van der Waals surface area contributed by atoms with Crippen molar-refractivity contribution in [2.75, 3.05) is 11.1 Å². The fourth-order valence-electron chi connectivity index (χ4n) is 1.95.